The molecule has 0 N–H and O–H groups in total. The molecule has 2 aromatic carbocycles. The number of allylic oxidation sites excluding steroid dienone is 2. The van der Waals surface area contributed by atoms with Crippen molar-refractivity contribution in [3.63, 3.8) is 0 Å². The summed E-state index contributed by atoms with van der Waals surface area (Å²) in [5.41, 5.74) is 5.71. The molecule has 160 valence electrons. The predicted molar refractivity (Wildman–Crippen MR) is 131 cm³/mol. The van der Waals surface area contributed by atoms with E-state index in [1.54, 1.807) is 5.56 Å². The molecule has 30 heavy (non-hydrogen) atoms. The Kier molecular flexibility index (Phi) is 7.47. The number of hydrogen-bond donors (Lipinski definition) is 0. The molecule has 2 aliphatic rings. The number of benzene rings is 2. The predicted octanol–water partition coefficient (Wildman–Crippen LogP) is 8.96. The standard InChI is InChI=1S/C30H40/c1-3-5-6-8-23-9-12-25(13-10-23)26-15-17-27(18-16-26)29-20-19-28-21-24(7-4-2)11-14-30(28)22-29/h3,5,9-10,12-13,15-18,24,28-30H,4,6-8,11,14,19-22H2,1-2H3/b5-3+/t24?,28-,29-,30-/m1/s1. The van der Waals surface area contributed by atoms with E-state index in [2.05, 4.69) is 74.5 Å². The largest absolute Gasteiger partial charge is 0.0917 e. The maximum Gasteiger partial charge on any atom is -0.0159 e. The van der Waals surface area contributed by atoms with Crippen molar-refractivity contribution in [1.29, 1.82) is 0 Å². The maximum atomic E-state index is 2.42. The van der Waals surface area contributed by atoms with E-state index < -0.39 is 0 Å². The first-order chi connectivity index (χ1) is 14.8. The van der Waals surface area contributed by atoms with E-state index >= 15 is 0 Å². The summed E-state index contributed by atoms with van der Waals surface area (Å²) in [6, 6.07) is 18.7. The van der Waals surface area contributed by atoms with E-state index in [4.69, 9.17) is 0 Å². The van der Waals surface area contributed by atoms with Gasteiger partial charge in [0.15, 0.2) is 0 Å². The number of fused-ring (bicyclic) bond motifs is 1. The van der Waals surface area contributed by atoms with Gasteiger partial charge in [0.05, 0.1) is 0 Å². The lowest BCUT2D eigenvalue weighted by Crippen LogP contribution is -2.30. The fourth-order valence-electron chi connectivity index (χ4n) is 6.19. The summed E-state index contributed by atoms with van der Waals surface area (Å²) in [6.45, 7) is 4.45. The van der Waals surface area contributed by atoms with Crippen molar-refractivity contribution in [3.8, 4) is 11.1 Å². The SMILES string of the molecule is C/C=C/CCc1ccc(-c2ccc([C@@H]3CC[C@@H]4CC(CCC)CC[C@@H]4C3)cc2)cc1. The molecule has 0 radical (unpaired) electrons. The van der Waals surface area contributed by atoms with Gasteiger partial charge in [-0.1, -0.05) is 86.9 Å². The van der Waals surface area contributed by atoms with Gasteiger partial charge in [-0.3, -0.25) is 0 Å². The van der Waals surface area contributed by atoms with Gasteiger partial charge in [0.1, 0.15) is 0 Å². The van der Waals surface area contributed by atoms with Crippen LogP contribution < -0.4 is 0 Å². The Hall–Kier alpha value is -1.82. The molecular weight excluding hydrogens is 360 g/mol. The Bertz CT molecular complexity index is 795. The maximum absolute atomic E-state index is 2.42. The summed E-state index contributed by atoms with van der Waals surface area (Å²) < 4.78 is 0. The Morgan fingerprint density at radius 2 is 1.47 bits per heavy atom. The van der Waals surface area contributed by atoms with Crippen molar-refractivity contribution in [3.05, 3.63) is 71.8 Å². The highest BCUT2D eigenvalue weighted by atomic mass is 14.4. The third kappa shape index (κ3) is 5.26. The first-order valence-corrected chi connectivity index (χ1v) is 12.6. The fraction of sp³-hybridized carbons (Fsp3) is 0.533. The second-order valence-electron chi connectivity index (χ2n) is 9.92. The van der Waals surface area contributed by atoms with Gasteiger partial charge in [-0.25, -0.2) is 0 Å². The van der Waals surface area contributed by atoms with Gasteiger partial charge in [0.25, 0.3) is 0 Å². The highest BCUT2D eigenvalue weighted by Crippen LogP contribution is 2.48. The second kappa shape index (κ2) is 10.5. The van der Waals surface area contributed by atoms with Gasteiger partial charge in [-0.15, -0.1) is 0 Å². The third-order valence-electron chi connectivity index (χ3n) is 7.92. The molecule has 0 bridgehead atoms. The van der Waals surface area contributed by atoms with Crippen LogP contribution >= 0.6 is 0 Å². The minimum atomic E-state index is 0.789. The Morgan fingerprint density at radius 3 is 2.17 bits per heavy atom. The molecule has 4 atom stereocenters. The monoisotopic (exact) mass is 400 g/mol. The quantitative estimate of drug-likeness (QED) is 0.407. The van der Waals surface area contributed by atoms with E-state index in [-0.39, 0.29) is 0 Å². The first-order valence-electron chi connectivity index (χ1n) is 12.6. The second-order valence-corrected chi connectivity index (χ2v) is 9.92. The number of rotatable bonds is 7. The molecule has 0 aromatic heterocycles. The Balaban J connectivity index is 1.35. The lowest BCUT2D eigenvalue weighted by atomic mass is 9.63. The summed E-state index contributed by atoms with van der Waals surface area (Å²) in [6.07, 6.45) is 18.3. The van der Waals surface area contributed by atoms with E-state index in [1.807, 2.05) is 0 Å². The van der Waals surface area contributed by atoms with Gasteiger partial charge in [-0.2, -0.15) is 0 Å². The van der Waals surface area contributed by atoms with Gasteiger partial charge in [0, 0.05) is 0 Å². The summed E-state index contributed by atoms with van der Waals surface area (Å²) in [4.78, 5) is 0. The van der Waals surface area contributed by atoms with Crippen molar-refractivity contribution < 1.29 is 0 Å². The number of hydrogen-bond acceptors (Lipinski definition) is 0. The fourth-order valence-corrected chi connectivity index (χ4v) is 6.19. The van der Waals surface area contributed by atoms with E-state index in [0.717, 1.165) is 36.5 Å². The lowest BCUT2D eigenvalue weighted by molar-refractivity contribution is 0.114. The summed E-state index contributed by atoms with van der Waals surface area (Å²) in [7, 11) is 0. The van der Waals surface area contributed by atoms with Crippen LogP contribution in [-0.2, 0) is 6.42 Å². The van der Waals surface area contributed by atoms with Crippen LogP contribution in [0.1, 0.15) is 88.7 Å². The minimum absolute atomic E-state index is 0.789. The summed E-state index contributed by atoms with van der Waals surface area (Å²) >= 11 is 0. The zero-order valence-corrected chi connectivity index (χ0v) is 19.2. The average molecular weight is 401 g/mol. The van der Waals surface area contributed by atoms with Crippen molar-refractivity contribution in [2.24, 2.45) is 17.8 Å². The van der Waals surface area contributed by atoms with E-state index in [9.17, 15) is 0 Å². The minimum Gasteiger partial charge on any atom is -0.0917 e. The van der Waals surface area contributed by atoms with Crippen molar-refractivity contribution in [1.82, 2.24) is 0 Å². The molecule has 2 fully saturated rings. The molecule has 0 heterocycles. The zero-order chi connectivity index (χ0) is 20.8. The van der Waals surface area contributed by atoms with Crippen LogP contribution in [0, 0.1) is 17.8 Å². The molecule has 4 rings (SSSR count). The average Bonchev–Trinajstić information content (AvgIpc) is 2.80. The smallest absolute Gasteiger partial charge is 0.0159 e. The molecule has 2 saturated carbocycles. The molecule has 0 heteroatoms. The van der Waals surface area contributed by atoms with E-state index in [0.29, 0.717) is 0 Å². The van der Waals surface area contributed by atoms with Crippen LogP contribution in [0.25, 0.3) is 11.1 Å². The molecule has 0 saturated heterocycles. The molecule has 0 nitrogen and oxygen atoms in total. The van der Waals surface area contributed by atoms with Crippen molar-refractivity contribution >= 4 is 0 Å². The van der Waals surface area contributed by atoms with Crippen LogP contribution in [-0.4, -0.2) is 0 Å². The topological polar surface area (TPSA) is 0 Å². The molecule has 0 aliphatic heterocycles. The highest BCUT2D eigenvalue weighted by Gasteiger charge is 2.35. The molecule has 2 aliphatic carbocycles. The van der Waals surface area contributed by atoms with Crippen molar-refractivity contribution in [2.75, 3.05) is 0 Å². The molecular formula is C30H40. The normalized spacial score (nSPS) is 26.6. The molecule has 1 unspecified atom stereocenters. The highest BCUT2D eigenvalue weighted by molar-refractivity contribution is 5.64. The van der Waals surface area contributed by atoms with Gasteiger partial charge < -0.3 is 0 Å². The Morgan fingerprint density at radius 1 is 0.800 bits per heavy atom. The van der Waals surface area contributed by atoms with Crippen LogP contribution in [0.2, 0.25) is 0 Å². The van der Waals surface area contributed by atoms with Gasteiger partial charge in [0.2, 0.25) is 0 Å². The third-order valence-corrected chi connectivity index (χ3v) is 7.92. The Labute approximate surface area is 184 Å². The van der Waals surface area contributed by atoms with Crippen LogP contribution in [0.15, 0.2) is 60.7 Å². The molecule has 2 aromatic rings. The first kappa shape index (κ1) is 21.4. The zero-order valence-electron chi connectivity index (χ0n) is 19.2. The van der Waals surface area contributed by atoms with Crippen LogP contribution in [0.4, 0.5) is 0 Å². The van der Waals surface area contributed by atoms with Crippen LogP contribution in [0.3, 0.4) is 0 Å². The number of aryl methyl sites for hydroxylation is 1. The molecule has 0 amide bonds. The van der Waals surface area contributed by atoms with E-state index in [1.165, 1.54) is 68.1 Å². The summed E-state index contributed by atoms with van der Waals surface area (Å²) in [5, 5.41) is 0. The van der Waals surface area contributed by atoms with Gasteiger partial charge >= 0.3 is 0 Å². The van der Waals surface area contributed by atoms with Crippen molar-refractivity contribution in [2.45, 2.75) is 84.0 Å². The lowest BCUT2D eigenvalue weighted by Gasteiger charge is -2.42. The molecule has 0 spiro atoms. The van der Waals surface area contributed by atoms with Crippen LogP contribution in [0.5, 0.6) is 0 Å². The van der Waals surface area contributed by atoms with Gasteiger partial charge in [-0.05, 0) is 97.8 Å². The summed E-state index contributed by atoms with van der Waals surface area (Å²) in [5.74, 6) is 3.84.